The molecule has 1 aromatic heterocycles. The number of aliphatic carboxylic acids is 1. The summed E-state index contributed by atoms with van der Waals surface area (Å²) in [4.78, 5) is 25.2. The van der Waals surface area contributed by atoms with Gasteiger partial charge in [-0.3, -0.25) is 4.79 Å². The molecule has 0 aliphatic heterocycles. The zero-order valence-electron chi connectivity index (χ0n) is 23.7. The van der Waals surface area contributed by atoms with Gasteiger partial charge in [-0.25, -0.2) is 9.48 Å². The van der Waals surface area contributed by atoms with Crippen LogP contribution in [0.5, 0.6) is 0 Å². The minimum atomic E-state index is -2.81. The molecule has 4 rings (SSSR count). The van der Waals surface area contributed by atoms with Crippen LogP contribution in [0.25, 0.3) is 5.69 Å². The SMILES string of the molecule is Cc1cc(C)n(-c2ccc(C(=O)NC(CCO[Si](c3ccccc3)(c3ccccc3)C(C)(C)C)C(=O)O)cc2)n1. The molecule has 0 saturated carbocycles. The molecule has 0 aliphatic rings. The third-order valence-corrected chi connectivity index (χ3v) is 12.2. The Balaban J connectivity index is 1.51. The fourth-order valence-electron chi connectivity index (χ4n) is 5.23. The fourth-order valence-corrected chi connectivity index (χ4v) is 9.81. The van der Waals surface area contributed by atoms with Gasteiger partial charge in [0.2, 0.25) is 0 Å². The van der Waals surface area contributed by atoms with Crippen LogP contribution in [-0.2, 0) is 9.22 Å². The van der Waals surface area contributed by atoms with Crippen molar-refractivity contribution in [3.63, 3.8) is 0 Å². The van der Waals surface area contributed by atoms with Crippen molar-refractivity contribution in [2.45, 2.75) is 52.1 Å². The lowest BCUT2D eigenvalue weighted by Gasteiger charge is -2.43. The second-order valence-electron chi connectivity index (χ2n) is 11.1. The number of nitrogens with zero attached hydrogens (tertiary/aromatic N) is 2. The maximum atomic E-state index is 13.0. The first kappa shape index (κ1) is 29.0. The van der Waals surface area contributed by atoms with Crippen LogP contribution in [0.15, 0.2) is 91.0 Å². The Bertz CT molecular complexity index is 1410. The van der Waals surface area contributed by atoms with E-state index in [1.54, 1.807) is 28.9 Å². The van der Waals surface area contributed by atoms with Crippen molar-refractivity contribution in [3.05, 3.63) is 108 Å². The highest BCUT2D eigenvalue weighted by Gasteiger charge is 2.50. The summed E-state index contributed by atoms with van der Waals surface area (Å²) < 4.78 is 8.63. The van der Waals surface area contributed by atoms with Crippen molar-refractivity contribution in [3.8, 4) is 5.69 Å². The molecule has 7 nitrogen and oxygen atoms in total. The van der Waals surface area contributed by atoms with Crippen molar-refractivity contribution >= 4 is 30.6 Å². The average Bonchev–Trinajstić information content (AvgIpc) is 3.28. The molecule has 208 valence electrons. The summed E-state index contributed by atoms with van der Waals surface area (Å²) >= 11 is 0. The number of benzene rings is 3. The van der Waals surface area contributed by atoms with Gasteiger partial charge < -0.3 is 14.8 Å². The van der Waals surface area contributed by atoms with Crippen molar-refractivity contribution in [1.82, 2.24) is 15.1 Å². The summed E-state index contributed by atoms with van der Waals surface area (Å²) in [6.45, 7) is 10.6. The minimum absolute atomic E-state index is 0.134. The number of carboxylic acid groups (broad SMARTS) is 1. The van der Waals surface area contributed by atoms with E-state index in [1.165, 1.54) is 0 Å². The molecule has 2 N–H and O–H groups in total. The molecule has 3 aromatic carbocycles. The van der Waals surface area contributed by atoms with E-state index in [0.29, 0.717) is 5.56 Å². The molecule has 40 heavy (non-hydrogen) atoms. The highest BCUT2D eigenvalue weighted by atomic mass is 28.4. The van der Waals surface area contributed by atoms with Crippen LogP contribution in [0, 0.1) is 13.8 Å². The van der Waals surface area contributed by atoms with Crippen molar-refractivity contribution in [1.29, 1.82) is 0 Å². The summed E-state index contributed by atoms with van der Waals surface area (Å²) in [5, 5.41) is 19.1. The standard InChI is InChI=1S/C32H37N3O4Si/c1-23-22-24(2)35(34-23)26-18-16-25(17-19-26)30(36)33-29(31(37)38)20-21-39-40(32(3,4)5,27-12-8-6-9-13-27)28-14-10-7-11-15-28/h6-19,22,29H,20-21H2,1-5H3,(H,33,36)(H,37,38). The van der Waals surface area contributed by atoms with E-state index in [9.17, 15) is 14.7 Å². The summed E-state index contributed by atoms with van der Waals surface area (Å²) in [5.74, 6) is -1.54. The van der Waals surface area contributed by atoms with E-state index in [-0.39, 0.29) is 18.1 Å². The Kier molecular flexibility index (Phi) is 8.71. The van der Waals surface area contributed by atoms with Gasteiger partial charge >= 0.3 is 5.97 Å². The van der Waals surface area contributed by atoms with Gasteiger partial charge in [0, 0.05) is 24.3 Å². The largest absolute Gasteiger partial charge is 0.480 e. The van der Waals surface area contributed by atoms with Crippen LogP contribution in [-0.4, -0.2) is 47.7 Å². The van der Waals surface area contributed by atoms with E-state index in [1.807, 2.05) is 56.3 Å². The predicted molar refractivity (Wildman–Crippen MR) is 160 cm³/mol. The second kappa shape index (κ2) is 12.0. The van der Waals surface area contributed by atoms with E-state index < -0.39 is 26.2 Å². The van der Waals surface area contributed by atoms with E-state index in [4.69, 9.17) is 4.43 Å². The van der Waals surface area contributed by atoms with Gasteiger partial charge in [0.25, 0.3) is 14.2 Å². The second-order valence-corrected chi connectivity index (χ2v) is 15.4. The summed E-state index contributed by atoms with van der Waals surface area (Å²) in [7, 11) is -2.81. The van der Waals surface area contributed by atoms with Crippen LogP contribution in [0.4, 0.5) is 0 Å². The normalized spacial score (nSPS) is 12.6. The molecular weight excluding hydrogens is 518 g/mol. The predicted octanol–water partition coefficient (Wildman–Crippen LogP) is 4.64. The van der Waals surface area contributed by atoms with Gasteiger partial charge in [-0.15, -0.1) is 0 Å². The Morgan fingerprint density at radius 1 is 0.925 bits per heavy atom. The molecule has 0 bridgehead atoms. The van der Waals surface area contributed by atoms with Gasteiger partial charge in [-0.1, -0.05) is 81.4 Å². The lowest BCUT2D eigenvalue weighted by molar-refractivity contribution is -0.139. The number of aromatic nitrogens is 2. The van der Waals surface area contributed by atoms with Gasteiger partial charge in [-0.2, -0.15) is 5.10 Å². The Labute approximate surface area is 237 Å². The highest BCUT2D eigenvalue weighted by Crippen LogP contribution is 2.36. The molecule has 0 spiro atoms. The molecule has 8 heteroatoms. The number of carbonyl (C=O) groups is 2. The number of carbonyl (C=O) groups excluding carboxylic acids is 1. The van der Waals surface area contributed by atoms with Crippen LogP contribution in [0.2, 0.25) is 5.04 Å². The lowest BCUT2D eigenvalue weighted by Crippen LogP contribution is -2.66. The van der Waals surface area contributed by atoms with E-state index >= 15 is 0 Å². The number of rotatable bonds is 10. The Morgan fingerprint density at radius 2 is 1.48 bits per heavy atom. The van der Waals surface area contributed by atoms with Crippen LogP contribution >= 0.6 is 0 Å². The first-order chi connectivity index (χ1) is 19.0. The average molecular weight is 556 g/mol. The Morgan fingerprint density at radius 3 is 1.93 bits per heavy atom. The summed E-state index contributed by atoms with van der Waals surface area (Å²) in [6.07, 6.45) is 0.134. The smallest absolute Gasteiger partial charge is 0.326 e. The van der Waals surface area contributed by atoms with E-state index in [2.05, 4.69) is 55.5 Å². The number of hydrogen-bond acceptors (Lipinski definition) is 4. The van der Waals surface area contributed by atoms with Crippen LogP contribution < -0.4 is 15.7 Å². The quantitative estimate of drug-likeness (QED) is 0.278. The van der Waals surface area contributed by atoms with E-state index in [0.717, 1.165) is 27.4 Å². The topological polar surface area (TPSA) is 93.5 Å². The maximum absolute atomic E-state index is 13.0. The van der Waals surface area contributed by atoms with Crippen molar-refractivity contribution in [2.75, 3.05) is 6.61 Å². The molecule has 1 heterocycles. The number of aryl methyl sites for hydroxylation is 2. The van der Waals surface area contributed by atoms with Crippen LogP contribution in [0.1, 0.15) is 48.9 Å². The van der Waals surface area contributed by atoms with Gasteiger partial charge in [-0.05, 0) is 59.6 Å². The molecule has 1 atom stereocenters. The minimum Gasteiger partial charge on any atom is -0.480 e. The molecule has 0 saturated heterocycles. The zero-order chi connectivity index (χ0) is 28.9. The highest BCUT2D eigenvalue weighted by molar-refractivity contribution is 6.99. The molecule has 4 aromatic rings. The molecule has 1 amide bonds. The number of nitrogens with one attached hydrogen (secondary N) is 1. The maximum Gasteiger partial charge on any atom is 0.326 e. The lowest BCUT2D eigenvalue weighted by atomic mass is 10.1. The Hall–Kier alpha value is -4.01. The number of hydrogen-bond donors (Lipinski definition) is 2. The first-order valence-electron chi connectivity index (χ1n) is 13.5. The molecule has 1 unspecified atom stereocenters. The van der Waals surface area contributed by atoms with Crippen molar-refractivity contribution < 1.29 is 19.1 Å². The monoisotopic (exact) mass is 555 g/mol. The third kappa shape index (κ3) is 6.08. The number of amides is 1. The van der Waals surface area contributed by atoms with Gasteiger partial charge in [0.15, 0.2) is 0 Å². The zero-order valence-corrected chi connectivity index (χ0v) is 24.7. The molecule has 0 fully saturated rings. The molecular formula is C32H37N3O4Si. The first-order valence-corrected chi connectivity index (χ1v) is 15.4. The fraction of sp³-hybridized carbons (Fsp3) is 0.281. The van der Waals surface area contributed by atoms with Gasteiger partial charge in [0.1, 0.15) is 6.04 Å². The number of carboxylic acids is 1. The van der Waals surface area contributed by atoms with Gasteiger partial charge in [0.05, 0.1) is 11.4 Å². The molecule has 0 radical (unpaired) electrons. The summed E-state index contributed by atoms with van der Waals surface area (Å²) in [6, 6.07) is 28.2. The molecule has 0 aliphatic carbocycles. The summed E-state index contributed by atoms with van der Waals surface area (Å²) in [5.41, 5.74) is 3.10. The van der Waals surface area contributed by atoms with Crippen LogP contribution in [0.3, 0.4) is 0 Å². The third-order valence-electron chi connectivity index (χ3n) is 7.13. The van der Waals surface area contributed by atoms with Crippen molar-refractivity contribution in [2.24, 2.45) is 0 Å².